The number of thioether (sulfide) groups is 1. The van der Waals surface area contributed by atoms with E-state index in [9.17, 15) is 14.7 Å². The third kappa shape index (κ3) is 5.51. The van der Waals surface area contributed by atoms with Gasteiger partial charge in [-0.15, -0.1) is 11.8 Å². The number of benzene rings is 1. The summed E-state index contributed by atoms with van der Waals surface area (Å²) in [7, 11) is 1.24. The van der Waals surface area contributed by atoms with Crippen molar-refractivity contribution in [3.05, 3.63) is 30.3 Å². The summed E-state index contributed by atoms with van der Waals surface area (Å²) in [4.78, 5) is 25.8. The van der Waals surface area contributed by atoms with Crippen LogP contribution < -0.4 is 0 Å². The van der Waals surface area contributed by atoms with E-state index in [2.05, 4.69) is 6.92 Å². The Bertz CT molecular complexity index is 635. The minimum absolute atomic E-state index is 0.384. The molecule has 4 atom stereocenters. The first kappa shape index (κ1) is 22.8. The first-order valence-electron chi connectivity index (χ1n) is 10.1. The van der Waals surface area contributed by atoms with E-state index >= 15 is 0 Å². The number of hydrogen-bond donors (Lipinski definition) is 1. The quantitative estimate of drug-likeness (QED) is 0.433. The number of aliphatic hydroxyl groups excluding tert-OH is 1. The van der Waals surface area contributed by atoms with Gasteiger partial charge in [0.2, 0.25) is 0 Å². The second-order valence-electron chi connectivity index (χ2n) is 7.52. The second-order valence-corrected chi connectivity index (χ2v) is 9.04. The second kappa shape index (κ2) is 10.9. The fourth-order valence-corrected chi connectivity index (χ4v) is 5.13. The zero-order valence-corrected chi connectivity index (χ0v) is 17.9. The highest BCUT2D eigenvalue weighted by Gasteiger charge is 2.59. The van der Waals surface area contributed by atoms with Crippen molar-refractivity contribution in [2.24, 2.45) is 5.92 Å². The molecule has 1 aliphatic rings. The largest absolute Gasteiger partial charge is 0.467 e. The smallest absolute Gasteiger partial charge is 0.335 e. The van der Waals surface area contributed by atoms with Crippen LogP contribution in [0.2, 0.25) is 0 Å². The molecule has 1 aliphatic heterocycles. The van der Waals surface area contributed by atoms with Crippen LogP contribution in [0.1, 0.15) is 58.8 Å². The average Bonchev–Trinajstić information content (AvgIpc) is 2.93. The van der Waals surface area contributed by atoms with Crippen LogP contribution >= 0.6 is 11.8 Å². The maximum atomic E-state index is 12.8. The molecule has 1 saturated heterocycles. The number of esters is 2. The first-order valence-corrected chi connectivity index (χ1v) is 11.0. The van der Waals surface area contributed by atoms with E-state index in [-0.39, 0.29) is 5.97 Å². The zero-order valence-electron chi connectivity index (χ0n) is 17.1. The van der Waals surface area contributed by atoms with Crippen LogP contribution in [-0.2, 0) is 19.1 Å². The van der Waals surface area contributed by atoms with Gasteiger partial charge in [-0.25, -0.2) is 4.79 Å². The number of cyclic esters (lactones) is 1. The molecule has 0 amide bonds. The summed E-state index contributed by atoms with van der Waals surface area (Å²) < 4.78 is 9.38. The molecule has 5 nitrogen and oxygen atoms in total. The van der Waals surface area contributed by atoms with E-state index < -0.39 is 28.8 Å². The average molecular weight is 409 g/mol. The summed E-state index contributed by atoms with van der Waals surface area (Å²) in [6, 6.07) is 9.51. The van der Waals surface area contributed by atoms with E-state index in [0.29, 0.717) is 6.42 Å². The molecule has 0 spiro atoms. The van der Waals surface area contributed by atoms with Crippen molar-refractivity contribution in [1.29, 1.82) is 0 Å². The molecular formula is C22H32O5S. The molecule has 0 radical (unpaired) electrons. The van der Waals surface area contributed by atoms with Gasteiger partial charge in [0.15, 0.2) is 6.10 Å². The van der Waals surface area contributed by atoms with Crippen molar-refractivity contribution in [2.75, 3.05) is 7.11 Å². The molecule has 1 N–H and O–H groups in total. The summed E-state index contributed by atoms with van der Waals surface area (Å²) in [6.45, 7) is 3.94. The van der Waals surface area contributed by atoms with Crippen LogP contribution in [-0.4, -0.2) is 41.1 Å². The summed E-state index contributed by atoms with van der Waals surface area (Å²) in [6.07, 6.45) is 5.48. The first-order chi connectivity index (χ1) is 13.4. The Hall–Kier alpha value is -1.53. The molecule has 1 aromatic rings. The van der Waals surface area contributed by atoms with Crippen LogP contribution in [0.5, 0.6) is 0 Å². The van der Waals surface area contributed by atoms with Gasteiger partial charge in [-0.3, -0.25) is 4.79 Å². The fourth-order valence-electron chi connectivity index (χ4n) is 3.80. The highest BCUT2D eigenvalue weighted by atomic mass is 32.2. The highest BCUT2D eigenvalue weighted by molar-refractivity contribution is 8.01. The summed E-state index contributed by atoms with van der Waals surface area (Å²) >= 11 is 1.34. The van der Waals surface area contributed by atoms with E-state index in [1.165, 1.54) is 38.1 Å². The van der Waals surface area contributed by atoms with Crippen LogP contribution in [0.4, 0.5) is 0 Å². The van der Waals surface area contributed by atoms with Gasteiger partial charge in [-0.05, 0) is 31.9 Å². The Morgan fingerprint density at radius 1 is 1.21 bits per heavy atom. The third-order valence-corrected chi connectivity index (χ3v) is 6.77. The minimum atomic E-state index is -1.40. The van der Waals surface area contributed by atoms with E-state index in [1.54, 1.807) is 6.92 Å². The molecule has 0 unspecified atom stereocenters. The Morgan fingerprint density at radius 2 is 1.86 bits per heavy atom. The van der Waals surface area contributed by atoms with E-state index in [1.807, 2.05) is 30.3 Å². The van der Waals surface area contributed by atoms with Gasteiger partial charge in [-0.2, -0.15) is 0 Å². The lowest BCUT2D eigenvalue weighted by atomic mass is 9.83. The monoisotopic (exact) mass is 408 g/mol. The summed E-state index contributed by atoms with van der Waals surface area (Å²) in [5, 5.41) is 10.7. The number of hydrogen-bond acceptors (Lipinski definition) is 6. The maximum absolute atomic E-state index is 12.8. The Labute approximate surface area is 172 Å². The van der Waals surface area contributed by atoms with Gasteiger partial charge >= 0.3 is 11.9 Å². The number of ether oxygens (including phenoxy) is 2. The Morgan fingerprint density at radius 3 is 2.50 bits per heavy atom. The maximum Gasteiger partial charge on any atom is 0.335 e. The van der Waals surface area contributed by atoms with Gasteiger partial charge in [0.25, 0.3) is 0 Å². The predicted molar refractivity (Wildman–Crippen MR) is 110 cm³/mol. The zero-order chi connectivity index (χ0) is 20.6. The van der Waals surface area contributed by atoms with Gasteiger partial charge in [0, 0.05) is 4.90 Å². The number of rotatable bonds is 11. The SMILES string of the molecule is CCCCCCCC[C@@H]1OC(=O)[C@](C)(Sc2ccccc2)[C@H]1[C@@H](O)C(=O)OC. The normalized spacial score (nSPS) is 25.4. The van der Waals surface area contributed by atoms with Crippen LogP contribution in [0.25, 0.3) is 0 Å². The Kier molecular flexibility index (Phi) is 8.83. The molecule has 1 fully saturated rings. The van der Waals surface area contributed by atoms with E-state index in [0.717, 1.165) is 24.2 Å². The number of methoxy groups -OCH3 is 1. The number of aliphatic hydroxyl groups is 1. The Balaban J connectivity index is 2.13. The van der Waals surface area contributed by atoms with Crippen molar-refractivity contribution in [2.45, 2.75) is 80.6 Å². The predicted octanol–water partition coefficient (Wildman–Crippen LogP) is 4.36. The van der Waals surface area contributed by atoms with Gasteiger partial charge in [0.1, 0.15) is 10.9 Å². The van der Waals surface area contributed by atoms with Crippen molar-refractivity contribution < 1.29 is 24.2 Å². The van der Waals surface area contributed by atoms with Crippen LogP contribution in [0.15, 0.2) is 35.2 Å². The molecule has 28 heavy (non-hydrogen) atoms. The topological polar surface area (TPSA) is 72.8 Å². The summed E-state index contributed by atoms with van der Waals surface area (Å²) in [5.74, 6) is -1.77. The third-order valence-electron chi connectivity index (χ3n) is 5.40. The fraction of sp³-hybridized carbons (Fsp3) is 0.636. The number of carbonyl (C=O) groups excluding carboxylic acids is 2. The van der Waals surface area contributed by atoms with Gasteiger partial charge in [-0.1, -0.05) is 57.2 Å². The van der Waals surface area contributed by atoms with Crippen molar-refractivity contribution in [3.8, 4) is 0 Å². The van der Waals surface area contributed by atoms with Crippen LogP contribution in [0, 0.1) is 5.92 Å². The molecular weight excluding hydrogens is 376 g/mol. The molecule has 1 heterocycles. The molecule has 0 saturated carbocycles. The van der Waals surface area contributed by atoms with E-state index in [4.69, 9.17) is 9.47 Å². The molecule has 6 heteroatoms. The highest BCUT2D eigenvalue weighted by Crippen LogP contribution is 2.48. The van der Waals surface area contributed by atoms with Crippen molar-refractivity contribution in [1.82, 2.24) is 0 Å². The molecule has 0 aromatic heterocycles. The number of unbranched alkanes of at least 4 members (excludes halogenated alkanes) is 5. The molecule has 2 rings (SSSR count). The van der Waals surface area contributed by atoms with Crippen molar-refractivity contribution in [3.63, 3.8) is 0 Å². The molecule has 0 aliphatic carbocycles. The molecule has 0 bridgehead atoms. The number of carbonyl (C=O) groups is 2. The minimum Gasteiger partial charge on any atom is -0.467 e. The lowest BCUT2D eigenvalue weighted by molar-refractivity contribution is -0.155. The standard InChI is InChI=1S/C22H32O5S/c1-4-5-6-7-8-12-15-17-18(19(23)20(24)26-3)22(2,21(25)27-17)28-16-13-10-9-11-14-16/h9-11,13-14,17-19,23H,4-8,12,15H2,1-3H3/t17-,18+,19+,22+/m0/s1. The van der Waals surface area contributed by atoms with Gasteiger partial charge < -0.3 is 14.6 Å². The van der Waals surface area contributed by atoms with Crippen LogP contribution in [0.3, 0.4) is 0 Å². The lowest BCUT2D eigenvalue weighted by Gasteiger charge is -2.31. The summed E-state index contributed by atoms with van der Waals surface area (Å²) in [5.41, 5.74) is 0. The molecule has 1 aromatic carbocycles. The lowest BCUT2D eigenvalue weighted by Crippen LogP contribution is -2.46. The molecule has 156 valence electrons. The van der Waals surface area contributed by atoms with Crippen molar-refractivity contribution >= 4 is 23.7 Å². The van der Waals surface area contributed by atoms with Gasteiger partial charge in [0.05, 0.1) is 13.0 Å².